The fraction of sp³-hybridized carbons (Fsp3) is 0.435. The van der Waals surface area contributed by atoms with Crippen molar-refractivity contribution in [2.24, 2.45) is 5.92 Å². The van der Waals surface area contributed by atoms with Crippen LogP contribution in [0.2, 0.25) is 0 Å². The maximum Gasteiger partial charge on any atom is 0.220 e. The number of fused-ring (bicyclic) bond motifs is 3. The second-order valence-corrected chi connectivity index (χ2v) is 8.21. The molecule has 168 valence electrons. The van der Waals surface area contributed by atoms with Crippen LogP contribution in [-0.2, 0) is 4.79 Å². The first-order valence-corrected chi connectivity index (χ1v) is 11.2. The molecule has 1 atom stereocenters. The van der Waals surface area contributed by atoms with Crippen molar-refractivity contribution < 1.29 is 4.79 Å². The van der Waals surface area contributed by atoms with E-state index in [2.05, 4.69) is 39.7 Å². The summed E-state index contributed by atoms with van der Waals surface area (Å²) in [6.07, 6.45) is 8.87. The highest BCUT2D eigenvalue weighted by molar-refractivity contribution is 5.84. The number of nitrogens with zero attached hydrogens (tertiary/aromatic N) is 6. The van der Waals surface area contributed by atoms with Gasteiger partial charge in [-0.1, -0.05) is 20.3 Å². The highest BCUT2D eigenvalue weighted by Gasteiger charge is 2.13. The number of benzene rings is 1. The molecule has 1 unspecified atom stereocenters. The summed E-state index contributed by atoms with van der Waals surface area (Å²) < 4.78 is 3.98. The van der Waals surface area contributed by atoms with Crippen molar-refractivity contribution in [1.82, 2.24) is 34.4 Å². The summed E-state index contributed by atoms with van der Waals surface area (Å²) >= 11 is 0. The molecule has 3 heterocycles. The lowest BCUT2D eigenvalue weighted by Crippen LogP contribution is -2.26. The van der Waals surface area contributed by atoms with Gasteiger partial charge in [0.1, 0.15) is 5.82 Å². The molecule has 1 aromatic carbocycles. The summed E-state index contributed by atoms with van der Waals surface area (Å²) in [4.78, 5) is 20.9. The third-order valence-corrected chi connectivity index (χ3v) is 5.72. The van der Waals surface area contributed by atoms with Crippen LogP contribution in [0.25, 0.3) is 22.4 Å². The molecule has 0 bridgehead atoms. The van der Waals surface area contributed by atoms with Crippen molar-refractivity contribution in [1.29, 1.82) is 0 Å². The first kappa shape index (κ1) is 21.7. The molecule has 1 amide bonds. The minimum absolute atomic E-state index is 0.137. The van der Waals surface area contributed by atoms with Gasteiger partial charge in [0.15, 0.2) is 5.82 Å². The van der Waals surface area contributed by atoms with Crippen molar-refractivity contribution in [3.63, 3.8) is 0 Å². The summed E-state index contributed by atoms with van der Waals surface area (Å²) in [6.45, 7) is 7.58. The van der Waals surface area contributed by atoms with Crippen molar-refractivity contribution >= 4 is 28.4 Å². The van der Waals surface area contributed by atoms with Crippen LogP contribution in [0.15, 0.2) is 36.9 Å². The average molecular weight is 435 g/mol. The Morgan fingerprint density at radius 2 is 2.03 bits per heavy atom. The van der Waals surface area contributed by atoms with Gasteiger partial charge in [-0.15, -0.1) is 10.2 Å². The van der Waals surface area contributed by atoms with Gasteiger partial charge in [0.25, 0.3) is 0 Å². The molecule has 0 saturated heterocycles. The largest absolute Gasteiger partial charge is 0.367 e. The number of carbonyl (C=O) groups is 1. The molecule has 3 aromatic heterocycles. The van der Waals surface area contributed by atoms with E-state index in [1.54, 1.807) is 12.5 Å². The predicted molar refractivity (Wildman–Crippen MR) is 125 cm³/mol. The molecule has 4 rings (SSSR count). The number of aromatic nitrogens is 6. The SMILES string of the molecule is CCC(C)CC(=O)NCCCCNc1nc2cc(-n3ccnc3)ccc2n2c(C)nnc12. The van der Waals surface area contributed by atoms with E-state index in [0.29, 0.717) is 30.3 Å². The Morgan fingerprint density at radius 1 is 1.19 bits per heavy atom. The Kier molecular flexibility index (Phi) is 6.63. The molecule has 32 heavy (non-hydrogen) atoms. The molecule has 0 aliphatic carbocycles. The normalized spacial score (nSPS) is 12.3. The molecule has 0 radical (unpaired) electrons. The van der Waals surface area contributed by atoms with Crippen LogP contribution in [0.3, 0.4) is 0 Å². The quantitative estimate of drug-likeness (QED) is 0.370. The molecule has 0 saturated carbocycles. The third-order valence-electron chi connectivity index (χ3n) is 5.72. The van der Waals surface area contributed by atoms with E-state index in [9.17, 15) is 4.79 Å². The van der Waals surface area contributed by atoms with E-state index in [4.69, 9.17) is 4.98 Å². The molecular weight excluding hydrogens is 404 g/mol. The van der Waals surface area contributed by atoms with Crippen LogP contribution >= 0.6 is 0 Å². The number of carbonyl (C=O) groups excluding carboxylic acids is 1. The molecule has 0 fully saturated rings. The first-order chi connectivity index (χ1) is 15.6. The Bertz CT molecular complexity index is 1200. The van der Waals surface area contributed by atoms with E-state index in [0.717, 1.165) is 48.4 Å². The summed E-state index contributed by atoms with van der Waals surface area (Å²) in [5.41, 5.74) is 3.52. The number of aryl methyl sites for hydroxylation is 1. The summed E-state index contributed by atoms with van der Waals surface area (Å²) in [5, 5.41) is 15.0. The van der Waals surface area contributed by atoms with Crippen molar-refractivity contribution in [3.8, 4) is 5.69 Å². The monoisotopic (exact) mass is 434 g/mol. The number of unbranched alkanes of at least 4 members (excludes halogenated alkanes) is 1. The van der Waals surface area contributed by atoms with Gasteiger partial charge in [-0.3, -0.25) is 9.20 Å². The van der Waals surface area contributed by atoms with E-state index in [-0.39, 0.29) is 5.91 Å². The fourth-order valence-electron chi connectivity index (χ4n) is 3.67. The molecule has 0 spiro atoms. The maximum atomic E-state index is 11.9. The minimum atomic E-state index is 0.137. The lowest BCUT2D eigenvalue weighted by molar-refractivity contribution is -0.121. The van der Waals surface area contributed by atoms with Crippen LogP contribution in [0.1, 0.15) is 45.4 Å². The zero-order valence-corrected chi connectivity index (χ0v) is 18.9. The molecule has 2 N–H and O–H groups in total. The molecular formula is C23H30N8O. The van der Waals surface area contributed by atoms with Gasteiger partial charge >= 0.3 is 0 Å². The summed E-state index contributed by atoms with van der Waals surface area (Å²) in [6, 6.07) is 6.11. The number of amides is 1. The van der Waals surface area contributed by atoms with Gasteiger partial charge in [0, 0.05) is 37.6 Å². The van der Waals surface area contributed by atoms with Gasteiger partial charge in [0.05, 0.1) is 17.4 Å². The van der Waals surface area contributed by atoms with E-state index < -0.39 is 0 Å². The second-order valence-electron chi connectivity index (χ2n) is 8.21. The molecule has 9 nitrogen and oxygen atoms in total. The van der Waals surface area contributed by atoms with Crippen LogP contribution in [-0.4, -0.2) is 48.1 Å². The lowest BCUT2D eigenvalue weighted by Gasteiger charge is -2.12. The molecule has 0 aliphatic heterocycles. The standard InChI is InChI=1S/C23H30N8O/c1-4-16(2)13-21(32)25-9-5-6-10-26-22-23-29-28-17(3)31(23)20-8-7-18(14-19(20)27-22)30-12-11-24-15-30/h7-8,11-12,14-16H,4-6,9-10,13H2,1-3H3,(H,25,32)(H,26,27). The van der Waals surface area contributed by atoms with Crippen LogP contribution in [0.4, 0.5) is 5.82 Å². The average Bonchev–Trinajstić information content (AvgIpc) is 3.46. The van der Waals surface area contributed by atoms with E-state index >= 15 is 0 Å². The maximum absolute atomic E-state index is 11.9. The number of hydrogen-bond donors (Lipinski definition) is 2. The number of anilines is 1. The zero-order chi connectivity index (χ0) is 22.5. The number of hydrogen-bond acceptors (Lipinski definition) is 6. The van der Waals surface area contributed by atoms with Crippen LogP contribution in [0.5, 0.6) is 0 Å². The predicted octanol–water partition coefficient (Wildman–Crippen LogP) is 3.52. The Hall–Kier alpha value is -3.49. The number of imidazole rings is 1. The number of nitrogens with one attached hydrogen (secondary N) is 2. The van der Waals surface area contributed by atoms with Gasteiger partial charge in [0.2, 0.25) is 11.6 Å². The minimum Gasteiger partial charge on any atom is -0.367 e. The van der Waals surface area contributed by atoms with Gasteiger partial charge in [-0.05, 0) is 43.9 Å². The van der Waals surface area contributed by atoms with Gasteiger partial charge in [-0.25, -0.2) is 9.97 Å². The van der Waals surface area contributed by atoms with Crippen molar-refractivity contribution in [2.75, 3.05) is 18.4 Å². The van der Waals surface area contributed by atoms with E-state index in [1.807, 2.05) is 40.3 Å². The van der Waals surface area contributed by atoms with Gasteiger partial charge in [-0.2, -0.15) is 0 Å². The van der Waals surface area contributed by atoms with Crippen LogP contribution < -0.4 is 10.6 Å². The smallest absolute Gasteiger partial charge is 0.220 e. The third kappa shape index (κ3) is 4.71. The summed E-state index contributed by atoms with van der Waals surface area (Å²) in [7, 11) is 0. The Labute approximate surface area is 187 Å². The summed E-state index contributed by atoms with van der Waals surface area (Å²) in [5.74, 6) is 2.09. The van der Waals surface area contributed by atoms with Crippen LogP contribution in [0, 0.1) is 12.8 Å². The topological polar surface area (TPSA) is 102 Å². The Morgan fingerprint density at radius 3 is 2.81 bits per heavy atom. The fourth-order valence-corrected chi connectivity index (χ4v) is 3.67. The van der Waals surface area contributed by atoms with Crippen molar-refractivity contribution in [2.45, 2.75) is 46.5 Å². The highest BCUT2D eigenvalue weighted by atomic mass is 16.1. The van der Waals surface area contributed by atoms with Gasteiger partial charge < -0.3 is 15.2 Å². The second kappa shape index (κ2) is 9.76. The zero-order valence-electron chi connectivity index (χ0n) is 18.9. The molecule has 0 aliphatic rings. The first-order valence-electron chi connectivity index (χ1n) is 11.2. The van der Waals surface area contributed by atoms with E-state index in [1.165, 1.54) is 0 Å². The lowest BCUT2D eigenvalue weighted by atomic mass is 10.1. The Balaban J connectivity index is 1.43. The highest BCUT2D eigenvalue weighted by Crippen LogP contribution is 2.24. The molecule has 9 heteroatoms. The number of rotatable bonds is 10. The molecule has 4 aromatic rings. The van der Waals surface area contributed by atoms with Crippen molar-refractivity contribution in [3.05, 3.63) is 42.7 Å².